The summed E-state index contributed by atoms with van der Waals surface area (Å²) < 4.78 is 18.4. The van der Waals surface area contributed by atoms with Crippen molar-refractivity contribution in [1.82, 2.24) is 0 Å². The summed E-state index contributed by atoms with van der Waals surface area (Å²) in [4.78, 5) is 22.1. The van der Waals surface area contributed by atoms with Crippen LogP contribution in [0.3, 0.4) is 0 Å². The lowest BCUT2D eigenvalue weighted by atomic mass is 9.95. The van der Waals surface area contributed by atoms with Crippen molar-refractivity contribution in [3.63, 3.8) is 0 Å². The number of carboxylic acid groups (broad SMARTS) is 1. The van der Waals surface area contributed by atoms with Crippen LogP contribution in [-0.2, 0) is 14.3 Å². The van der Waals surface area contributed by atoms with E-state index in [1.807, 2.05) is 0 Å². The van der Waals surface area contributed by atoms with Crippen molar-refractivity contribution in [3.05, 3.63) is 34.6 Å². The molecule has 17 heavy (non-hydrogen) atoms. The van der Waals surface area contributed by atoms with Gasteiger partial charge < -0.3 is 9.84 Å². The molecule has 0 aliphatic carbocycles. The highest BCUT2D eigenvalue weighted by molar-refractivity contribution is 6.31. The molecule has 1 aliphatic rings. The van der Waals surface area contributed by atoms with E-state index in [0.717, 1.165) is 6.07 Å². The summed E-state index contributed by atoms with van der Waals surface area (Å²) in [7, 11) is 0. The van der Waals surface area contributed by atoms with E-state index in [0.29, 0.717) is 0 Å². The van der Waals surface area contributed by atoms with Crippen molar-refractivity contribution in [2.75, 3.05) is 0 Å². The highest BCUT2D eigenvalue weighted by Gasteiger charge is 2.43. The lowest BCUT2D eigenvalue weighted by molar-refractivity contribution is -0.144. The first-order valence-electron chi connectivity index (χ1n) is 4.87. The average molecular weight is 259 g/mol. The zero-order valence-electron chi connectivity index (χ0n) is 8.52. The summed E-state index contributed by atoms with van der Waals surface area (Å²) >= 11 is 5.80. The first-order chi connectivity index (χ1) is 8.00. The van der Waals surface area contributed by atoms with Gasteiger partial charge in [-0.2, -0.15) is 0 Å². The summed E-state index contributed by atoms with van der Waals surface area (Å²) in [6.07, 6.45) is -1.43. The molecule has 1 saturated heterocycles. The van der Waals surface area contributed by atoms with Gasteiger partial charge in [-0.3, -0.25) is 9.59 Å². The maximum Gasteiger partial charge on any atom is 0.311 e. The number of hydrogen-bond donors (Lipinski definition) is 1. The van der Waals surface area contributed by atoms with E-state index in [1.165, 1.54) is 12.1 Å². The molecular weight excluding hydrogens is 251 g/mol. The third-order valence-corrected chi connectivity index (χ3v) is 2.94. The van der Waals surface area contributed by atoms with Gasteiger partial charge in [-0.15, -0.1) is 0 Å². The van der Waals surface area contributed by atoms with Crippen LogP contribution in [0.5, 0.6) is 0 Å². The molecule has 0 saturated carbocycles. The van der Waals surface area contributed by atoms with Gasteiger partial charge in [0.2, 0.25) is 0 Å². The fraction of sp³-hybridized carbons (Fsp3) is 0.273. The molecular formula is C11H8ClFO4. The molecule has 1 fully saturated rings. The number of carbonyl (C=O) groups excluding carboxylic acids is 1. The fourth-order valence-electron chi connectivity index (χ4n) is 1.82. The Balaban J connectivity index is 2.45. The standard InChI is InChI=1S/C11H8ClFO4/c12-6-2-1-3-7(13)9(6)10-5(11(15)16)4-8(14)17-10/h1-3,5,10H,4H2,(H,15,16)/t5-,10+/m0/s1. The molecule has 0 spiro atoms. The maximum absolute atomic E-state index is 13.6. The predicted molar refractivity (Wildman–Crippen MR) is 56.0 cm³/mol. The van der Waals surface area contributed by atoms with Crippen LogP contribution in [0.2, 0.25) is 5.02 Å². The third-order valence-electron chi connectivity index (χ3n) is 2.61. The van der Waals surface area contributed by atoms with E-state index >= 15 is 0 Å². The smallest absolute Gasteiger partial charge is 0.311 e. The van der Waals surface area contributed by atoms with Gasteiger partial charge in [-0.1, -0.05) is 17.7 Å². The maximum atomic E-state index is 13.6. The second-order valence-corrected chi connectivity index (χ2v) is 4.10. The molecule has 90 valence electrons. The van der Waals surface area contributed by atoms with E-state index in [4.69, 9.17) is 21.4 Å². The molecule has 1 aromatic rings. The van der Waals surface area contributed by atoms with Crippen LogP contribution in [0.15, 0.2) is 18.2 Å². The van der Waals surface area contributed by atoms with E-state index in [1.54, 1.807) is 0 Å². The zero-order valence-corrected chi connectivity index (χ0v) is 9.28. The van der Waals surface area contributed by atoms with Crippen LogP contribution >= 0.6 is 11.6 Å². The summed E-state index contributed by atoms with van der Waals surface area (Å²) in [5.41, 5.74) is -0.0765. The number of halogens is 2. The van der Waals surface area contributed by atoms with E-state index < -0.39 is 29.8 Å². The molecule has 1 heterocycles. The minimum atomic E-state index is -1.21. The summed E-state index contributed by atoms with van der Waals surface area (Å²) in [5, 5.41) is 9.00. The van der Waals surface area contributed by atoms with Crippen LogP contribution in [0.25, 0.3) is 0 Å². The molecule has 1 aliphatic heterocycles. The molecule has 6 heteroatoms. The second kappa shape index (κ2) is 4.33. The topological polar surface area (TPSA) is 63.6 Å². The Morgan fingerprint density at radius 3 is 2.82 bits per heavy atom. The van der Waals surface area contributed by atoms with Crippen LogP contribution in [0, 0.1) is 11.7 Å². The van der Waals surface area contributed by atoms with E-state index in [9.17, 15) is 14.0 Å². The quantitative estimate of drug-likeness (QED) is 0.826. The largest absolute Gasteiger partial charge is 0.481 e. The summed E-state index contributed by atoms with van der Waals surface area (Å²) in [6.45, 7) is 0. The van der Waals surface area contributed by atoms with Gasteiger partial charge in [0.05, 0.1) is 11.4 Å². The first-order valence-corrected chi connectivity index (χ1v) is 5.24. The number of ether oxygens (including phenoxy) is 1. The summed E-state index contributed by atoms with van der Waals surface area (Å²) in [5.74, 6) is -3.65. The van der Waals surface area contributed by atoms with E-state index in [-0.39, 0.29) is 17.0 Å². The van der Waals surface area contributed by atoms with Crippen molar-refractivity contribution in [3.8, 4) is 0 Å². The average Bonchev–Trinajstić information content (AvgIpc) is 2.60. The SMILES string of the molecule is O=C1C[C@H](C(=O)O)[C@H](c2c(F)cccc2Cl)O1. The lowest BCUT2D eigenvalue weighted by Gasteiger charge is -2.16. The number of hydrogen-bond acceptors (Lipinski definition) is 3. The van der Waals surface area contributed by atoms with Crippen LogP contribution in [-0.4, -0.2) is 17.0 Å². The van der Waals surface area contributed by atoms with Crippen LogP contribution < -0.4 is 0 Å². The Morgan fingerprint density at radius 2 is 2.24 bits per heavy atom. The van der Waals surface area contributed by atoms with Crippen molar-refractivity contribution in [1.29, 1.82) is 0 Å². The normalized spacial score (nSPS) is 23.5. The number of esters is 1. The Hall–Kier alpha value is -1.62. The fourth-order valence-corrected chi connectivity index (χ4v) is 2.09. The number of carboxylic acids is 1. The number of aliphatic carboxylic acids is 1. The number of benzene rings is 1. The molecule has 2 rings (SSSR count). The predicted octanol–water partition coefficient (Wildman–Crippen LogP) is 2.17. The molecule has 4 nitrogen and oxygen atoms in total. The van der Waals surface area contributed by atoms with E-state index in [2.05, 4.69) is 0 Å². The number of cyclic esters (lactones) is 1. The molecule has 0 aromatic heterocycles. The Kier molecular flexibility index (Phi) is 3.02. The lowest BCUT2D eigenvalue weighted by Crippen LogP contribution is -2.18. The van der Waals surface area contributed by atoms with Crippen molar-refractivity contribution in [2.24, 2.45) is 5.92 Å². The van der Waals surface area contributed by atoms with Crippen LogP contribution in [0.1, 0.15) is 18.1 Å². The minimum absolute atomic E-state index is 0.0518. The molecule has 0 amide bonds. The monoisotopic (exact) mass is 258 g/mol. The molecule has 2 atom stereocenters. The molecule has 1 aromatic carbocycles. The van der Waals surface area contributed by atoms with Gasteiger partial charge in [-0.05, 0) is 12.1 Å². The number of rotatable bonds is 2. The number of carbonyl (C=O) groups is 2. The van der Waals surface area contributed by atoms with Gasteiger partial charge >= 0.3 is 11.9 Å². The zero-order chi connectivity index (χ0) is 12.6. The van der Waals surface area contributed by atoms with Crippen molar-refractivity contribution in [2.45, 2.75) is 12.5 Å². The Labute approximate surface area is 101 Å². The minimum Gasteiger partial charge on any atom is -0.481 e. The van der Waals surface area contributed by atoms with Crippen molar-refractivity contribution < 1.29 is 23.8 Å². The van der Waals surface area contributed by atoms with Gasteiger partial charge in [0.15, 0.2) is 0 Å². The third kappa shape index (κ3) is 2.10. The molecule has 0 unspecified atom stereocenters. The van der Waals surface area contributed by atoms with Gasteiger partial charge in [-0.25, -0.2) is 4.39 Å². The molecule has 1 N–H and O–H groups in total. The van der Waals surface area contributed by atoms with Gasteiger partial charge in [0, 0.05) is 5.56 Å². The highest BCUT2D eigenvalue weighted by atomic mass is 35.5. The van der Waals surface area contributed by atoms with Gasteiger partial charge in [0.1, 0.15) is 17.8 Å². The second-order valence-electron chi connectivity index (χ2n) is 3.69. The molecule has 0 radical (unpaired) electrons. The van der Waals surface area contributed by atoms with Crippen molar-refractivity contribution >= 4 is 23.5 Å². The molecule has 0 bridgehead atoms. The van der Waals surface area contributed by atoms with Crippen LogP contribution in [0.4, 0.5) is 4.39 Å². The highest BCUT2D eigenvalue weighted by Crippen LogP contribution is 2.39. The Bertz CT molecular complexity index is 468. The Morgan fingerprint density at radius 1 is 1.53 bits per heavy atom. The summed E-state index contributed by atoms with van der Waals surface area (Å²) in [6, 6.07) is 3.96. The first kappa shape index (κ1) is 11.9. The van der Waals surface area contributed by atoms with Gasteiger partial charge in [0.25, 0.3) is 0 Å².